The van der Waals surface area contributed by atoms with E-state index < -0.39 is 0 Å². The van der Waals surface area contributed by atoms with Gasteiger partial charge in [0.2, 0.25) is 0 Å². The molecule has 3 rings (SSSR count). The van der Waals surface area contributed by atoms with E-state index in [2.05, 4.69) is 41.8 Å². The first kappa shape index (κ1) is 18.2. The summed E-state index contributed by atoms with van der Waals surface area (Å²) in [6.07, 6.45) is 6.72. The van der Waals surface area contributed by atoms with Crippen molar-refractivity contribution >= 4 is 28.0 Å². The van der Waals surface area contributed by atoms with Gasteiger partial charge >= 0.3 is 0 Å². The molecule has 1 aliphatic rings. The van der Waals surface area contributed by atoms with E-state index in [9.17, 15) is 0 Å². The van der Waals surface area contributed by atoms with E-state index in [1.807, 2.05) is 6.07 Å². The molecular weight excluding hydrogens is 328 g/mol. The molecule has 3 nitrogen and oxygen atoms in total. The second kappa shape index (κ2) is 8.63. The second-order valence-electron chi connectivity index (χ2n) is 6.86. The molecule has 2 aromatic rings. The molecule has 0 amide bonds. The van der Waals surface area contributed by atoms with Gasteiger partial charge in [0, 0.05) is 24.5 Å². The Kier molecular flexibility index (Phi) is 6.27. The molecule has 0 aromatic heterocycles. The largest absolute Gasteiger partial charge is 0.495 e. The van der Waals surface area contributed by atoms with E-state index >= 15 is 0 Å². The maximum Gasteiger partial charge on any atom is 0.136 e. The van der Waals surface area contributed by atoms with Gasteiger partial charge in [-0.05, 0) is 36.8 Å². The van der Waals surface area contributed by atoms with Gasteiger partial charge < -0.3 is 15.4 Å². The molecule has 25 heavy (non-hydrogen) atoms. The number of aryl methyl sites for hydroxylation is 1. The van der Waals surface area contributed by atoms with Crippen molar-refractivity contribution in [3.63, 3.8) is 0 Å². The third-order valence-corrected chi connectivity index (χ3v) is 5.46. The Morgan fingerprint density at radius 1 is 1.12 bits per heavy atom. The summed E-state index contributed by atoms with van der Waals surface area (Å²) in [5, 5.41) is 9.37. The summed E-state index contributed by atoms with van der Waals surface area (Å²) in [7, 11) is 1.72. The predicted octanol–water partition coefficient (Wildman–Crippen LogP) is 4.34. The SMILES string of the molecule is COc1c(C(=S)NCCNC2CCCCC2)cc(C)c2ccccc12. The van der Waals surface area contributed by atoms with E-state index in [0.717, 1.165) is 34.8 Å². The Bertz CT molecular complexity index is 738. The lowest BCUT2D eigenvalue weighted by Crippen LogP contribution is -2.37. The Labute approximate surface area is 156 Å². The quantitative estimate of drug-likeness (QED) is 0.596. The Morgan fingerprint density at radius 2 is 1.84 bits per heavy atom. The molecule has 134 valence electrons. The molecule has 1 aliphatic carbocycles. The molecule has 0 spiro atoms. The van der Waals surface area contributed by atoms with Crippen molar-refractivity contribution in [2.45, 2.75) is 45.1 Å². The molecular formula is C21H28N2OS. The Morgan fingerprint density at radius 3 is 2.56 bits per heavy atom. The summed E-state index contributed by atoms with van der Waals surface area (Å²) in [6, 6.07) is 11.1. The number of hydrogen-bond acceptors (Lipinski definition) is 3. The molecule has 2 N–H and O–H groups in total. The second-order valence-corrected chi connectivity index (χ2v) is 7.27. The van der Waals surface area contributed by atoms with Crippen molar-refractivity contribution in [3.8, 4) is 5.75 Å². The van der Waals surface area contributed by atoms with Crippen LogP contribution in [-0.2, 0) is 0 Å². The molecule has 0 heterocycles. The average Bonchev–Trinajstić information content (AvgIpc) is 2.66. The minimum Gasteiger partial charge on any atom is -0.495 e. The van der Waals surface area contributed by atoms with Crippen molar-refractivity contribution in [1.82, 2.24) is 10.6 Å². The van der Waals surface area contributed by atoms with Gasteiger partial charge in [-0.3, -0.25) is 0 Å². The van der Waals surface area contributed by atoms with Crippen molar-refractivity contribution in [2.75, 3.05) is 20.2 Å². The monoisotopic (exact) mass is 356 g/mol. The average molecular weight is 357 g/mol. The molecule has 0 radical (unpaired) electrons. The first-order valence-corrected chi connectivity index (χ1v) is 9.69. The highest BCUT2D eigenvalue weighted by Crippen LogP contribution is 2.32. The lowest BCUT2D eigenvalue weighted by Gasteiger charge is -2.23. The molecule has 1 fully saturated rings. The number of nitrogens with one attached hydrogen (secondary N) is 2. The fourth-order valence-corrected chi connectivity index (χ4v) is 4.03. The van der Waals surface area contributed by atoms with Crippen LogP contribution < -0.4 is 15.4 Å². The summed E-state index contributed by atoms with van der Waals surface area (Å²) in [4.78, 5) is 0.760. The summed E-state index contributed by atoms with van der Waals surface area (Å²) < 4.78 is 5.69. The highest BCUT2D eigenvalue weighted by Gasteiger charge is 2.15. The van der Waals surface area contributed by atoms with Crippen LogP contribution in [0.25, 0.3) is 10.8 Å². The molecule has 0 atom stereocenters. The van der Waals surface area contributed by atoms with Crippen molar-refractivity contribution in [3.05, 3.63) is 41.5 Å². The zero-order chi connectivity index (χ0) is 17.6. The van der Waals surface area contributed by atoms with E-state index in [0.29, 0.717) is 6.04 Å². The molecule has 2 aromatic carbocycles. The fraction of sp³-hybridized carbons (Fsp3) is 0.476. The van der Waals surface area contributed by atoms with Crippen LogP contribution in [0.4, 0.5) is 0 Å². The Balaban J connectivity index is 1.65. The first-order chi connectivity index (χ1) is 12.2. The van der Waals surface area contributed by atoms with Crippen LogP contribution in [0.3, 0.4) is 0 Å². The molecule has 0 unspecified atom stereocenters. The topological polar surface area (TPSA) is 33.3 Å². The minimum atomic E-state index is 0.682. The highest BCUT2D eigenvalue weighted by atomic mass is 32.1. The van der Waals surface area contributed by atoms with Gasteiger partial charge in [-0.15, -0.1) is 0 Å². The number of ether oxygens (including phenoxy) is 1. The van der Waals surface area contributed by atoms with Crippen LogP contribution in [0.15, 0.2) is 30.3 Å². The van der Waals surface area contributed by atoms with Crippen LogP contribution >= 0.6 is 12.2 Å². The fourth-order valence-electron chi connectivity index (χ4n) is 3.77. The number of benzene rings is 2. The molecule has 0 aliphatic heterocycles. The van der Waals surface area contributed by atoms with Crippen molar-refractivity contribution < 1.29 is 4.74 Å². The zero-order valence-corrected chi connectivity index (χ0v) is 16.0. The summed E-state index contributed by atoms with van der Waals surface area (Å²) >= 11 is 5.65. The third kappa shape index (κ3) is 4.31. The van der Waals surface area contributed by atoms with E-state index in [1.54, 1.807) is 7.11 Å². The first-order valence-electron chi connectivity index (χ1n) is 9.28. The van der Waals surface area contributed by atoms with Crippen LogP contribution in [0.2, 0.25) is 0 Å². The maximum atomic E-state index is 5.69. The van der Waals surface area contributed by atoms with Crippen molar-refractivity contribution in [1.29, 1.82) is 0 Å². The number of rotatable bonds is 6. The zero-order valence-electron chi connectivity index (χ0n) is 15.2. The third-order valence-electron chi connectivity index (χ3n) is 5.10. The van der Waals surface area contributed by atoms with E-state index in [4.69, 9.17) is 17.0 Å². The smallest absolute Gasteiger partial charge is 0.136 e. The normalized spacial score (nSPS) is 15.3. The van der Waals surface area contributed by atoms with Gasteiger partial charge in [-0.1, -0.05) is 55.7 Å². The molecule has 0 saturated heterocycles. The van der Waals surface area contributed by atoms with Crippen molar-refractivity contribution in [2.24, 2.45) is 0 Å². The summed E-state index contributed by atoms with van der Waals surface area (Å²) in [6.45, 7) is 3.91. The molecule has 4 heteroatoms. The van der Waals surface area contributed by atoms with E-state index in [-0.39, 0.29) is 0 Å². The highest BCUT2D eigenvalue weighted by molar-refractivity contribution is 7.80. The van der Waals surface area contributed by atoms with Crippen LogP contribution in [0.1, 0.15) is 43.2 Å². The van der Waals surface area contributed by atoms with Crippen LogP contribution in [0, 0.1) is 6.92 Å². The van der Waals surface area contributed by atoms with Gasteiger partial charge in [-0.25, -0.2) is 0 Å². The predicted molar refractivity (Wildman–Crippen MR) is 110 cm³/mol. The maximum absolute atomic E-state index is 5.69. The van der Waals surface area contributed by atoms with Gasteiger partial charge in [-0.2, -0.15) is 0 Å². The lowest BCUT2D eigenvalue weighted by atomic mass is 9.95. The Hall–Kier alpha value is -1.65. The van der Waals surface area contributed by atoms with Gasteiger partial charge in [0.25, 0.3) is 0 Å². The van der Waals surface area contributed by atoms with Gasteiger partial charge in [0.15, 0.2) is 0 Å². The number of thiocarbonyl (C=S) groups is 1. The van der Waals surface area contributed by atoms with Gasteiger partial charge in [0.1, 0.15) is 10.7 Å². The standard InChI is InChI=1S/C21H28N2OS/c1-15-14-19(20(24-2)18-11-7-6-10-17(15)18)21(25)23-13-12-22-16-8-4-3-5-9-16/h6-7,10-11,14,16,22H,3-5,8-9,12-13H2,1-2H3,(H,23,25). The number of fused-ring (bicyclic) bond motifs is 1. The number of hydrogen-bond donors (Lipinski definition) is 2. The van der Waals surface area contributed by atoms with Gasteiger partial charge in [0.05, 0.1) is 12.7 Å². The summed E-state index contributed by atoms with van der Waals surface area (Å²) in [5.74, 6) is 0.860. The van der Waals surface area contributed by atoms with E-state index in [1.165, 1.54) is 43.1 Å². The van der Waals surface area contributed by atoms with Crippen LogP contribution in [0.5, 0.6) is 5.75 Å². The molecule has 0 bridgehead atoms. The molecule has 1 saturated carbocycles. The lowest BCUT2D eigenvalue weighted by molar-refractivity contribution is 0.375. The minimum absolute atomic E-state index is 0.682. The van der Waals surface area contributed by atoms with Crippen LogP contribution in [-0.4, -0.2) is 31.2 Å². The summed E-state index contributed by atoms with van der Waals surface area (Å²) in [5.41, 5.74) is 2.20. The number of methoxy groups -OCH3 is 1.